The number of nitrogens with one attached hydrogen (secondary N) is 3. The molecular weight excluding hydrogens is 537 g/mol. The first-order valence-electron chi connectivity index (χ1n) is 9.65. The number of carbonyl (C=O) groups is 1. The summed E-state index contributed by atoms with van der Waals surface area (Å²) in [5.41, 5.74) is 0.427. The van der Waals surface area contributed by atoms with Gasteiger partial charge >= 0.3 is 0 Å². The van der Waals surface area contributed by atoms with Gasteiger partial charge in [0.15, 0.2) is 5.11 Å². The first kappa shape index (κ1) is 24.7. The highest BCUT2D eigenvalue weighted by Crippen LogP contribution is 2.35. The molecule has 4 aromatic rings. The maximum atomic E-state index is 13.5. The summed E-state index contributed by atoms with van der Waals surface area (Å²) >= 11 is 12.5. The van der Waals surface area contributed by atoms with Crippen molar-refractivity contribution in [3.8, 4) is 5.88 Å². The molecule has 0 fully saturated rings. The Hall–Kier alpha value is -3.39. The number of rotatable bonds is 6. The summed E-state index contributed by atoms with van der Waals surface area (Å²) in [6.45, 7) is 0. The second-order valence-electron chi connectivity index (χ2n) is 6.84. The van der Waals surface area contributed by atoms with Crippen molar-refractivity contribution in [2.45, 2.75) is 4.90 Å². The summed E-state index contributed by atoms with van der Waals surface area (Å²) in [5.74, 6) is -1.02. The van der Waals surface area contributed by atoms with Crippen molar-refractivity contribution >= 4 is 77.8 Å². The van der Waals surface area contributed by atoms with Gasteiger partial charge in [-0.3, -0.25) is 14.8 Å². The molecule has 2 aromatic carbocycles. The van der Waals surface area contributed by atoms with Crippen LogP contribution < -0.4 is 20.1 Å². The summed E-state index contributed by atoms with van der Waals surface area (Å²) in [4.78, 5) is 20.6. The van der Waals surface area contributed by atoms with Gasteiger partial charge < -0.3 is 10.1 Å². The summed E-state index contributed by atoms with van der Waals surface area (Å²) in [6.07, 6.45) is 2.69. The van der Waals surface area contributed by atoms with E-state index in [1.165, 1.54) is 62.0 Å². The van der Waals surface area contributed by atoms with Crippen LogP contribution in [0, 0.1) is 5.82 Å². The van der Waals surface area contributed by atoms with E-state index in [0.717, 1.165) is 11.3 Å². The molecule has 0 bridgehead atoms. The van der Waals surface area contributed by atoms with Crippen molar-refractivity contribution in [1.82, 2.24) is 15.3 Å². The number of benzene rings is 2. The molecule has 2 heterocycles. The number of methoxy groups -OCH3 is 1. The zero-order valence-corrected chi connectivity index (χ0v) is 20.9. The molecule has 0 atom stereocenters. The fourth-order valence-electron chi connectivity index (χ4n) is 2.96. The summed E-state index contributed by atoms with van der Waals surface area (Å²) < 4.78 is 46.6. The van der Waals surface area contributed by atoms with E-state index in [0.29, 0.717) is 15.8 Å². The third-order valence-electron chi connectivity index (χ3n) is 4.54. The average Bonchev–Trinajstić information content (AvgIpc) is 3.15. The van der Waals surface area contributed by atoms with Crippen LogP contribution in [0.15, 0.2) is 59.8 Å². The molecule has 35 heavy (non-hydrogen) atoms. The van der Waals surface area contributed by atoms with Crippen LogP contribution in [0.25, 0.3) is 10.1 Å². The molecule has 2 aromatic heterocycles. The molecule has 9 nitrogen and oxygen atoms in total. The second kappa shape index (κ2) is 10.1. The Kier molecular flexibility index (Phi) is 7.12. The molecule has 180 valence electrons. The molecule has 0 aliphatic carbocycles. The van der Waals surface area contributed by atoms with E-state index in [9.17, 15) is 17.6 Å². The Bertz CT molecular complexity index is 1540. The van der Waals surface area contributed by atoms with Gasteiger partial charge in [0.25, 0.3) is 21.8 Å². The number of thiocarbonyl (C=S) groups is 1. The van der Waals surface area contributed by atoms with Crippen LogP contribution in [0.5, 0.6) is 5.88 Å². The highest BCUT2D eigenvalue weighted by Gasteiger charge is 2.20. The van der Waals surface area contributed by atoms with Crippen molar-refractivity contribution in [3.63, 3.8) is 0 Å². The predicted octanol–water partition coefficient (Wildman–Crippen LogP) is 4.42. The Morgan fingerprint density at radius 1 is 1.14 bits per heavy atom. The fourth-order valence-corrected chi connectivity index (χ4v) is 5.61. The molecule has 0 aliphatic heterocycles. The number of carbonyl (C=O) groups excluding carboxylic acids is 1. The minimum atomic E-state index is -3.97. The maximum Gasteiger partial charge on any atom is 0.269 e. The molecule has 3 N–H and O–H groups in total. The van der Waals surface area contributed by atoms with Crippen molar-refractivity contribution in [2.24, 2.45) is 0 Å². The van der Waals surface area contributed by atoms with E-state index in [2.05, 4.69) is 25.3 Å². The van der Waals surface area contributed by atoms with Crippen LogP contribution in [0.1, 0.15) is 9.67 Å². The number of thiophene rings is 1. The van der Waals surface area contributed by atoms with Crippen LogP contribution in [0.2, 0.25) is 5.02 Å². The Morgan fingerprint density at radius 3 is 2.57 bits per heavy atom. The number of aromatic nitrogens is 2. The molecule has 14 heteroatoms. The van der Waals surface area contributed by atoms with E-state index in [-0.39, 0.29) is 31.6 Å². The van der Waals surface area contributed by atoms with Crippen LogP contribution in [-0.4, -0.2) is 36.5 Å². The lowest BCUT2D eigenvalue weighted by molar-refractivity contribution is 0.0982. The number of amides is 1. The van der Waals surface area contributed by atoms with Crippen LogP contribution >= 0.6 is 35.2 Å². The fraction of sp³-hybridized carbons (Fsp3) is 0.0476. The van der Waals surface area contributed by atoms with Crippen molar-refractivity contribution in [1.29, 1.82) is 0 Å². The number of hydrogen-bond acceptors (Lipinski definition) is 8. The third-order valence-corrected chi connectivity index (χ3v) is 7.75. The van der Waals surface area contributed by atoms with Gasteiger partial charge in [0.1, 0.15) is 10.7 Å². The third kappa shape index (κ3) is 5.48. The number of nitrogens with zero attached hydrogens (tertiary/aromatic N) is 2. The highest BCUT2D eigenvalue weighted by molar-refractivity contribution is 7.92. The average molecular weight is 552 g/mol. The normalized spacial score (nSPS) is 11.2. The standard InChI is InChI=1S/C21H15ClFN5O4S3/c1-32-20-18(24-8-9-25-20)28-35(30,31)13-5-3-12(4-6-13)26-21(33)27-19(29)17-16(22)14-7-2-11(23)10-15(14)34-17/h2-10H,1H3,(H,24,28)(H2,26,27,29,33). The minimum absolute atomic E-state index is 0.0272. The van der Waals surface area contributed by atoms with E-state index in [4.69, 9.17) is 28.6 Å². The van der Waals surface area contributed by atoms with Gasteiger partial charge in [0, 0.05) is 28.2 Å². The number of ether oxygens (including phenoxy) is 1. The number of halogens is 2. The van der Waals surface area contributed by atoms with Crippen LogP contribution in [0.4, 0.5) is 15.9 Å². The van der Waals surface area contributed by atoms with Crippen molar-refractivity contribution in [2.75, 3.05) is 17.1 Å². The molecule has 0 radical (unpaired) electrons. The lowest BCUT2D eigenvalue weighted by Gasteiger charge is -2.11. The first-order chi connectivity index (χ1) is 16.7. The number of sulfonamides is 1. The number of hydrogen-bond donors (Lipinski definition) is 3. The maximum absolute atomic E-state index is 13.5. The molecule has 0 saturated carbocycles. The lowest BCUT2D eigenvalue weighted by atomic mass is 10.2. The molecule has 1 amide bonds. The molecule has 0 aliphatic rings. The Morgan fingerprint density at radius 2 is 1.86 bits per heavy atom. The second-order valence-corrected chi connectivity index (χ2v) is 10.4. The summed E-state index contributed by atoms with van der Waals surface area (Å²) in [7, 11) is -2.62. The Labute approximate surface area is 213 Å². The molecule has 0 spiro atoms. The SMILES string of the molecule is COc1nccnc1NS(=O)(=O)c1ccc(NC(=S)NC(=O)c2sc3cc(F)ccc3c2Cl)cc1. The summed E-state index contributed by atoms with van der Waals surface area (Å²) in [6, 6.07) is 9.68. The largest absolute Gasteiger partial charge is 0.478 e. The van der Waals surface area contributed by atoms with Crippen molar-refractivity contribution < 1.29 is 22.3 Å². The minimum Gasteiger partial charge on any atom is -0.478 e. The first-order valence-corrected chi connectivity index (χ1v) is 12.7. The van der Waals surface area contributed by atoms with Gasteiger partial charge in [0.2, 0.25) is 5.82 Å². The van der Waals surface area contributed by atoms with E-state index in [1.807, 2.05) is 0 Å². The summed E-state index contributed by atoms with van der Waals surface area (Å²) in [5, 5.41) is 6.03. The van der Waals surface area contributed by atoms with E-state index < -0.39 is 21.7 Å². The predicted molar refractivity (Wildman–Crippen MR) is 136 cm³/mol. The van der Waals surface area contributed by atoms with Gasteiger partial charge in [-0.15, -0.1) is 11.3 Å². The highest BCUT2D eigenvalue weighted by atomic mass is 35.5. The number of fused-ring (bicyclic) bond motifs is 1. The molecule has 0 saturated heterocycles. The number of anilines is 2. The lowest BCUT2D eigenvalue weighted by Crippen LogP contribution is -2.33. The van der Waals surface area contributed by atoms with Crippen LogP contribution in [0.3, 0.4) is 0 Å². The quantitative estimate of drug-likeness (QED) is 0.301. The van der Waals surface area contributed by atoms with Crippen LogP contribution in [-0.2, 0) is 10.0 Å². The van der Waals surface area contributed by atoms with Gasteiger partial charge in [0.05, 0.1) is 17.0 Å². The van der Waals surface area contributed by atoms with Gasteiger partial charge in [-0.1, -0.05) is 11.6 Å². The smallest absolute Gasteiger partial charge is 0.269 e. The topological polar surface area (TPSA) is 122 Å². The molecular formula is C21H15ClFN5O4S3. The van der Waals surface area contributed by atoms with Gasteiger partial charge in [-0.05, 0) is 54.7 Å². The van der Waals surface area contributed by atoms with E-state index in [1.54, 1.807) is 0 Å². The zero-order chi connectivity index (χ0) is 25.2. The Balaban J connectivity index is 1.42. The van der Waals surface area contributed by atoms with Gasteiger partial charge in [-0.25, -0.2) is 22.8 Å². The molecule has 0 unspecified atom stereocenters. The molecule has 4 rings (SSSR count). The monoisotopic (exact) mass is 551 g/mol. The van der Waals surface area contributed by atoms with Gasteiger partial charge in [-0.2, -0.15) is 0 Å². The van der Waals surface area contributed by atoms with Crippen molar-refractivity contribution in [3.05, 3.63) is 70.6 Å². The van der Waals surface area contributed by atoms with E-state index >= 15 is 0 Å². The zero-order valence-electron chi connectivity index (χ0n) is 17.7.